The number of hydrogen-bond donors (Lipinski definition) is 1. The van der Waals surface area contributed by atoms with Crippen molar-refractivity contribution in [2.24, 2.45) is 17.0 Å². The number of primary sulfonamides is 1. The van der Waals surface area contributed by atoms with Crippen LogP contribution in [-0.4, -0.2) is 38.8 Å². The molecule has 2 fully saturated rings. The summed E-state index contributed by atoms with van der Waals surface area (Å²) in [5, 5.41) is 5.60. The van der Waals surface area contributed by atoms with Gasteiger partial charge in [0.25, 0.3) is 0 Å². The Morgan fingerprint density at radius 2 is 1.62 bits per heavy atom. The molecule has 1 aliphatic heterocycles. The highest BCUT2D eigenvalue weighted by molar-refractivity contribution is 7.89. The molecule has 1 aromatic carbocycles. The van der Waals surface area contributed by atoms with E-state index in [0.29, 0.717) is 35.5 Å². The second kappa shape index (κ2) is 10.5. The number of rotatable bonds is 6. The van der Waals surface area contributed by atoms with Crippen molar-refractivity contribution in [3.8, 4) is 11.3 Å². The van der Waals surface area contributed by atoms with E-state index in [0.717, 1.165) is 49.0 Å². The minimum atomic E-state index is -3.90. The molecule has 206 valence electrons. The van der Waals surface area contributed by atoms with Crippen molar-refractivity contribution in [2.75, 3.05) is 13.1 Å². The number of nitrogens with two attached hydrogens (primary N) is 1. The molecular weight excluding hydrogens is 506 g/mol. The minimum absolute atomic E-state index is 0.134. The third-order valence-electron chi connectivity index (χ3n) is 8.11. The fourth-order valence-electron chi connectivity index (χ4n) is 6.01. The predicted molar refractivity (Wildman–Crippen MR) is 148 cm³/mol. The zero-order valence-electron chi connectivity index (χ0n) is 23.0. The van der Waals surface area contributed by atoms with Crippen LogP contribution in [0.1, 0.15) is 83.9 Å². The van der Waals surface area contributed by atoms with Crippen LogP contribution >= 0.6 is 0 Å². The summed E-state index contributed by atoms with van der Waals surface area (Å²) >= 11 is 0. The zero-order chi connectivity index (χ0) is 27.2. The molecule has 1 aromatic heterocycles. The number of aromatic nitrogens is 1. The molecule has 0 bridgehead atoms. The van der Waals surface area contributed by atoms with Crippen LogP contribution in [0.15, 0.2) is 34.1 Å². The number of benzene rings is 1. The molecule has 7 nitrogen and oxygen atoms in total. The van der Waals surface area contributed by atoms with Gasteiger partial charge in [0, 0.05) is 31.0 Å². The second-order valence-electron chi connectivity index (χ2n) is 12.2. The molecule has 1 aliphatic carbocycles. The molecule has 37 heavy (non-hydrogen) atoms. The largest absolute Gasteiger partial charge is 0.343 e. The van der Waals surface area contributed by atoms with Gasteiger partial charge in [0.15, 0.2) is 0 Å². The van der Waals surface area contributed by atoms with Gasteiger partial charge in [-0.2, -0.15) is 4.31 Å². The first-order valence-electron chi connectivity index (χ1n) is 13.6. The molecule has 1 saturated heterocycles. The standard InChI is InChI=1S/C28H43N3O4S2/c1-20-10-9-15-30(18-20)37(34,35)26-14-13-23(16-24(26)28(3,4)5)25-17-27(36(29,32)33)21(2)31(25)19-22-11-7-6-8-12-22/h13-14,16-17,20,22H,6-12,15,18-19H2,1-5H3,(H2,29,32,33). The van der Waals surface area contributed by atoms with E-state index in [9.17, 15) is 16.8 Å². The van der Waals surface area contributed by atoms with Gasteiger partial charge in [-0.25, -0.2) is 22.0 Å². The van der Waals surface area contributed by atoms with Crippen molar-refractivity contribution >= 4 is 20.0 Å². The summed E-state index contributed by atoms with van der Waals surface area (Å²) in [7, 11) is -7.55. The van der Waals surface area contributed by atoms with Gasteiger partial charge >= 0.3 is 0 Å². The topological polar surface area (TPSA) is 102 Å². The van der Waals surface area contributed by atoms with E-state index >= 15 is 0 Å². The van der Waals surface area contributed by atoms with Gasteiger partial charge in [0.1, 0.15) is 4.90 Å². The van der Waals surface area contributed by atoms with Crippen molar-refractivity contribution < 1.29 is 16.8 Å². The summed E-state index contributed by atoms with van der Waals surface area (Å²) < 4.78 is 56.2. The van der Waals surface area contributed by atoms with E-state index in [1.165, 1.54) is 19.3 Å². The Balaban J connectivity index is 1.84. The first-order valence-corrected chi connectivity index (χ1v) is 16.6. The van der Waals surface area contributed by atoms with Gasteiger partial charge in [-0.1, -0.05) is 53.0 Å². The molecule has 1 atom stereocenters. The molecule has 0 radical (unpaired) electrons. The predicted octanol–water partition coefficient (Wildman–Crippen LogP) is 5.41. The van der Waals surface area contributed by atoms with Crippen LogP contribution in [0.3, 0.4) is 0 Å². The van der Waals surface area contributed by atoms with Crippen molar-refractivity contribution in [1.82, 2.24) is 8.87 Å². The fourth-order valence-corrected chi connectivity index (χ4v) is 8.79. The lowest BCUT2D eigenvalue weighted by Crippen LogP contribution is -2.39. The molecule has 9 heteroatoms. The molecule has 2 N–H and O–H groups in total. The summed E-state index contributed by atoms with van der Waals surface area (Å²) in [6, 6.07) is 7.15. The van der Waals surface area contributed by atoms with Gasteiger partial charge in [0.05, 0.1) is 4.90 Å². The molecule has 2 aromatic rings. The minimum Gasteiger partial charge on any atom is -0.343 e. The van der Waals surface area contributed by atoms with Crippen molar-refractivity contribution in [3.05, 3.63) is 35.5 Å². The average molecular weight is 550 g/mol. The third-order valence-corrected chi connectivity index (χ3v) is 11.1. The van der Waals surface area contributed by atoms with Crippen LogP contribution in [0.2, 0.25) is 0 Å². The SMILES string of the molecule is Cc1c(S(N)(=O)=O)cc(-c2ccc(S(=O)(=O)N3CCCC(C)C3)c(C(C)(C)C)c2)n1CC1CCCCC1. The number of nitrogens with zero attached hydrogens (tertiary/aromatic N) is 2. The number of hydrogen-bond acceptors (Lipinski definition) is 4. The van der Waals surface area contributed by atoms with Crippen LogP contribution in [-0.2, 0) is 32.0 Å². The number of sulfonamides is 2. The Hall–Kier alpha value is -1.68. The molecule has 0 amide bonds. The second-order valence-corrected chi connectivity index (χ2v) is 15.6. The first-order chi connectivity index (χ1) is 17.2. The molecule has 2 aliphatic rings. The first kappa shape index (κ1) is 28.3. The Labute approximate surface area is 223 Å². The van der Waals surface area contributed by atoms with Gasteiger partial charge in [-0.05, 0) is 79.2 Å². The van der Waals surface area contributed by atoms with E-state index in [1.807, 2.05) is 39.8 Å². The summed E-state index contributed by atoms with van der Waals surface area (Å²) in [6.07, 6.45) is 7.79. The maximum atomic E-state index is 13.8. The van der Waals surface area contributed by atoms with Gasteiger partial charge in [-0.3, -0.25) is 0 Å². The quantitative estimate of drug-likeness (QED) is 0.520. The average Bonchev–Trinajstić information content (AvgIpc) is 3.15. The van der Waals surface area contributed by atoms with Crippen LogP contribution in [0.25, 0.3) is 11.3 Å². The highest BCUT2D eigenvalue weighted by atomic mass is 32.2. The van der Waals surface area contributed by atoms with Crippen LogP contribution in [0.5, 0.6) is 0 Å². The lowest BCUT2D eigenvalue weighted by atomic mass is 9.85. The lowest BCUT2D eigenvalue weighted by Gasteiger charge is -2.32. The molecule has 4 rings (SSSR count). The molecular formula is C28H43N3O4S2. The van der Waals surface area contributed by atoms with Gasteiger partial charge in [-0.15, -0.1) is 0 Å². The Morgan fingerprint density at radius 1 is 0.946 bits per heavy atom. The molecule has 1 saturated carbocycles. The van der Waals surface area contributed by atoms with E-state index in [1.54, 1.807) is 16.4 Å². The monoisotopic (exact) mass is 549 g/mol. The maximum absolute atomic E-state index is 13.8. The summed E-state index contributed by atoms with van der Waals surface area (Å²) in [4.78, 5) is 0.473. The van der Waals surface area contributed by atoms with Gasteiger partial charge in [0.2, 0.25) is 20.0 Å². The fraction of sp³-hybridized carbons (Fsp3) is 0.643. The Morgan fingerprint density at radius 3 is 2.22 bits per heavy atom. The summed E-state index contributed by atoms with van der Waals surface area (Å²) in [5.74, 6) is 0.818. The maximum Gasteiger partial charge on any atom is 0.243 e. The summed E-state index contributed by atoms with van der Waals surface area (Å²) in [6.45, 7) is 11.8. The highest BCUT2D eigenvalue weighted by Crippen LogP contribution is 2.38. The van der Waals surface area contributed by atoms with Crippen LogP contribution in [0, 0.1) is 18.8 Å². The smallest absolute Gasteiger partial charge is 0.243 e. The Bertz CT molecular complexity index is 1350. The zero-order valence-corrected chi connectivity index (χ0v) is 24.6. The van der Waals surface area contributed by atoms with E-state index in [-0.39, 0.29) is 4.90 Å². The van der Waals surface area contributed by atoms with Crippen molar-refractivity contribution in [2.45, 2.75) is 101 Å². The van der Waals surface area contributed by atoms with Crippen LogP contribution < -0.4 is 5.14 Å². The highest BCUT2D eigenvalue weighted by Gasteiger charge is 2.34. The van der Waals surface area contributed by atoms with Crippen LogP contribution in [0.4, 0.5) is 0 Å². The van der Waals surface area contributed by atoms with Gasteiger partial charge < -0.3 is 4.57 Å². The molecule has 1 unspecified atom stereocenters. The van der Waals surface area contributed by atoms with E-state index < -0.39 is 25.5 Å². The lowest BCUT2D eigenvalue weighted by molar-refractivity contribution is 0.281. The van der Waals surface area contributed by atoms with Crippen molar-refractivity contribution in [3.63, 3.8) is 0 Å². The third kappa shape index (κ3) is 6.00. The Kier molecular flexibility index (Phi) is 8.02. The number of piperidine rings is 1. The van der Waals surface area contributed by atoms with E-state index in [4.69, 9.17) is 5.14 Å². The van der Waals surface area contributed by atoms with E-state index in [2.05, 4.69) is 11.5 Å². The molecule has 2 heterocycles. The summed E-state index contributed by atoms with van der Waals surface area (Å²) in [5.41, 5.74) is 2.53. The molecule has 0 spiro atoms. The normalized spacial score (nSPS) is 20.9. The van der Waals surface area contributed by atoms with Crippen molar-refractivity contribution in [1.29, 1.82) is 0 Å².